The van der Waals surface area contributed by atoms with Crippen LogP contribution in [0.15, 0.2) is 0 Å². The normalized spacial score (nSPS) is 15.8. The molecule has 0 saturated carbocycles. The Morgan fingerprint density at radius 2 is 1.50 bits per heavy atom. The number of hydrogen-bond donors (Lipinski definition) is 6. The molecule has 0 rings (SSSR count). The summed E-state index contributed by atoms with van der Waals surface area (Å²) in [7, 11) is 0. The first kappa shape index (κ1) is 27.7. The lowest BCUT2D eigenvalue weighted by atomic mass is 9.99. The molecular weight excluding hydrogens is 416 g/mol. The first-order valence-corrected chi connectivity index (χ1v) is 10.9. The number of carbonyl (C=O) groups excluding carboxylic acids is 3. The van der Waals surface area contributed by atoms with Crippen molar-refractivity contribution in [1.82, 2.24) is 16.0 Å². The Morgan fingerprint density at radius 1 is 0.933 bits per heavy atom. The zero-order valence-corrected chi connectivity index (χ0v) is 18.5. The van der Waals surface area contributed by atoms with Crippen LogP contribution in [0, 0.1) is 5.92 Å². The number of rotatable bonds is 14. The van der Waals surface area contributed by atoms with E-state index >= 15 is 0 Å². The third kappa shape index (κ3) is 9.92. The number of carbonyl (C=O) groups is 5. The van der Waals surface area contributed by atoms with Crippen LogP contribution in [-0.4, -0.2) is 76.0 Å². The van der Waals surface area contributed by atoms with Gasteiger partial charge in [-0.1, -0.05) is 20.3 Å². The average molecular weight is 449 g/mol. The van der Waals surface area contributed by atoms with E-state index in [4.69, 9.17) is 15.9 Å². The first-order chi connectivity index (χ1) is 13.9. The predicted molar refractivity (Wildman–Crippen MR) is 112 cm³/mol. The minimum Gasteiger partial charge on any atom is -0.481 e. The summed E-state index contributed by atoms with van der Waals surface area (Å²) in [6, 6.07) is -4.49. The standard InChI is InChI=1S/C18H32N4O7S/c1-5-9(2)14(19)17(27)21-11(6-7-30-4)16(26)20-10(3)15(25)22-12(18(28)29)8-13(23)24/h9-12,14H,5-8,19H2,1-4H3,(H,20,26)(H,21,27)(H,22,25)(H,23,24)(H,28,29). The molecule has 30 heavy (non-hydrogen) atoms. The topological polar surface area (TPSA) is 188 Å². The van der Waals surface area contributed by atoms with E-state index in [1.54, 1.807) is 0 Å². The molecule has 0 aliphatic rings. The summed E-state index contributed by atoms with van der Waals surface area (Å²) in [5.41, 5.74) is 5.90. The van der Waals surface area contributed by atoms with Gasteiger partial charge in [-0.15, -0.1) is 0 Å². The second-order valence-corrected chi connectivity index (χ2v) is 7.97. The zero-order chi connectivity index (χ0) is 23.4. The van der Waals surface area contributed by atoms with Crippen LogP contribution in [-0.2, 0) is 24.0 Å². The van der Waals surface area contributed by atoms with Gasteiger partial charge in [0.1, 0.15) is 18.1 Å². The van der Waals surface area contributed by atoms with Crippen LogP contribution in [0.25, 0.3) is 0 Å². The van der Waals surface area contributed by atoms with Crippen molar-refractivity contribution in [1.29, 1.82) is 0 Å². The summed E-state index contributed by atoms with van der Waals surface area (Å²) in [5, 5.41) is 24.8. The number of carboxylic acids is 2. The van der Waals surface area contributed by atoms with E-state index in [9.17, 15) is 24.0 Å². The van der Waals surface area contributed by atoms with Crippen molar-refractivity contribution in [3.05, 3.63) is 0 Å². The molecule has 0 spiro atoms. The summed E-state index contributed by atoms with van der Waals surface area (Å²) in [4.78, 5) is 58.9. The van der Waals surface area contributed by atoms with Crippen molar-refractivity contribution in [3.8, 4) is 0 Å². The van der Waals surface area contributed by atoms with Gasteiger partial charge in [0.25, 0.3) is 0 Å². The highest BCUT2D eigenvalue weighted by Gasteiger charge is 2.29. The number of amides is 3. The largest absolute Gasteiger partial charge is 0.481 e. The van der Waals surface area contributed by atoms with E-state index in [0.717, 1.165) is 0 Å². The SMILES string of the molecule is CCC(C)C(N)C(=O)NC(CCSC)C(=O)NC(C)C(=O)NC(CC(=O)O)C(=O)O. The van der Waals surface area contributed by atoms with E-state index in [1.165, 1.54) is 18.7 Å². The molecule has 0 radical (unpaired) electrons. The summed E-state index contributed by atoms with van der Waals surface area (Å²) in [6.45, 7) is 5.04. The Bertz CT molecular complexity index is 632. The monoisotopic (exact) mass is 448 g/mol. The quantitative estimate of drug-likeness (QED) is 0.197. The lowest BCUT2D eigenvalue weighted by Gasteiger charge is -2.24. The predicted octanol–water partition coefficient (Wildman–Crippen LogP) is -0.853. The van der Waals surface area contributed by atoms with Gasteiger partial charge >= 0.3 is 11.9 Å². The number of aliphatic carboxylic acids is 2. The van der Waals surface area contributed by atoms with Gasteiger partial charge in [-0.3, -0.25) is 19.2 Å². The highest BCUT2D eigenvalue weighted by molar-refractivity contribution is 7.98. The molecule has 0 aromatic rings. The maximum absolute atomic E-state index is 12.6. The Hall–Kier alpha value is -2.34. The molecule has 0 aromatic heterocycles. The van der Waals surface area contributed by atoms with Crippen molar-refractivity contribution in [2.75, 3.05) is 12.0 Å². The highest BCUT2D eigenvalue weighted by atomic mass is 32.2. The molecule has 0 bridgehead atoms. The van der Waals surface area contributed by atoms with Gasteiger partial charge in [-0.2, -0.15) is 11.8 Å². The molecule has 5 atom stereocenters. The van der Waals surface area contributed by atoms with Gasteiger partial charge in [0.2, 0.25) is 17.7 Å². The molecule has 11 nitrogen and oxygen atoms in total. The van der Waals surface area contributed by atoms with Crippen molar-refractivity contribution in [2.24, 2.45) is 11.7 Å². The molecule has 7 N–H and O–H groups in total. The molecule has 5 unspecified atom stereocenters. The molecule has 0 fully saturated rings. The van der Waals surface area contributed by atoms with Crippen LogP contribution in [0.3, 0.4) is 0 Å². The number of carboxylic acid groups (broad SMARTS) is 2. The summed E-state index contributed by atoms with van der Waals surface area (Å²) >= 11 is 1.47. The Morgan fingerprint density at radius 3 is 1.97 bits per heavy atom. The van der Waals surface area contributed by atoms with Crippen LogP contribution in [0.4, 0.5) is 0 Å². The van der Waals surface area contributed by atoms with Crippen LogP contribution < -0.4 is 21.7 Å². The minimum atomic E-state index is -1.63. The van der Waals surface area contributed by atoms with Gasteiger partial charge in [0, 0.05) is 0 Å². The Labute approximate surface area is 179 Å². The van der Waals surface area contributed by atoms with E-state index < -0.39 is 60.2 Å². The molecule has 0 aromatic carbocycles. The van der Waals surface area contributed by atoms with Gasteiger partial charge in [-0.25, -0.2) is 4.79 Å². The number of nitrogens with two attached hydrogens (primary N) is 1. The number of thioether (sulfide) groups is 1. The Balaban J connectivity index is 5.07. The van der Waals surface area contributed by atoms with E-state index in [-0.39, 0.29) is 5.92 Å². The molecule has 0 aliphatic heterocycles. The van der Waals surface area contributed by atoms with Gasteiger partial charge in [0.15, 0.2) is 0 Å². The van der Waals surface area contributed by atoms with Gasteiger partial charge < -0.3 is 31.9 Å². The molecule has 172 valence electrons. The van der Waals surface area contributed by atoms with Crippen molar-refractivity contribution >= 4 is 41.4 Å². The molecule has 12 heteroatoms. The fraction of sp³-hybridized carbons (Fsp3) is 0.722. The second-order valence-electron chi connectivity index (χ2n) is 6.98. The van der Waals surface area contributed by atoms with Crippen molar-refractivity contribution < 1.29 is 34.2 Å². The number of nitrogens with one attached hydrogen (secondary N) is 3. The molecule has 0 heterocycles. The van der Waals surface area contributed by atoms with E-state index in [2.05, 4.69) is 16.0 Å². The van der Waals surface area contributed by atoms with Crippen LogP contribution in [0.1, 0.15) is 40.0 Å². The van der Waals surface area contributed by atoms with Crippen molar-refractivity contribution in [2.45, 2.75) is 64.2 Å². The van der Waals surface area contributed by atoms with E-state index in [1.807, 2.05) is 20.1 Å². The lowest BCUT2D eigenvalue weighted by Crippen LogP contribution is -2.57. The smallest absolute Gasteiger partial charge is 0.326 e. The first-order valence-electron chi connectivity index (χ1n) is 9.54. The highest BCUT2D eigenvalue weighted by Crippen LogP contribution is 2.07. The summed E-state index contributed by atoms with van der Waals surface area (Å²) in [5.74, 6) is -4.37. The average Bonchev–Trinajstić information content (AvgIpc) is 2.68. The molecular formula is C18H32N4O7S. The molecule has 0 saturated heterocycles. The van der Waals surface area contributed by atoms with Gasteiger partial charge in [0.05, 0.1) is 12.5 Å². The van der Waals surface area contributed by atoms with Crippen LogP contribution in [0.2, 0.25) is 0 Å². The summed E-state index contributed by atoms with van der Waals surface area (Å²) < 4.78 is 0. The minimum absolute atomic E-state index is 0.0823. The lowest BCUT2D eigenvalue weighted by molar-refractivity contribution is -0.147. The zero-order valence-electron chi connectivity index (χ0n) is 17.6. The fourth-order valence-corrected chi connectivity index (χ4v) is 2.81. The van der Waals surface area contributed by atoms with Gasteiger partial charge in [-0.05, 0) is 31.3 Å². The molecule has 3 amide bonds. The maximum atomic E-state index is 12.6. The van der Waals surface area contributed by atoms with Crippen LogP contribution >= 0.6 is 11.8 Å². The second kappa shape index (κ2) is 13.8. The van der Waals surface area contributed by atoms with Crippen LogP contribution in [0.5, 0.6) is 0 Å². The van der Waals surface area contributed by atoms with E-state index in [0.29, 0.717) is 18.6 Å². The molecule has 0 aliphatic carbocycles. The van der Waals surface area contributed by atoms with Crippen molar-refractivity contribution in [3.63, 3.8) is 0 Å². The maximum Gasteiger partial charge on any atom is 0.326 e. The third-order valence-electron chi connectivity index (χ3n) is 4.55. The third-order valence-corrected chi connectivity index (χ3v) is 5.19. The fourth-order valence-electron chi connectivity index (χ4n) is 2.34. The summed E-state index contributed by atoms with van der Waals surface area (Å²) in [6.07, 6.45) is 2.03. The number of hydrogen-bond acceptors (Lipinski definition) is 7. The Kier molecular flexibility index (Phi) is 12.7.